The fraction of sp³-hybridized carbons (Fsp3) is 0.833. The Kier molecular flexibility index (Phi) is 4.74. The zero-order chi connectivity index (χ0) is 13.0. The molecule has 0 aromatic heterocycles. The van der Waals surface area contributed by atoms with Gasteiger partial charge in [0.05, 0.1) is 6.61 Å². The molecule has 1 atom stereocenters. The Bertz CT molecular complexity index is 310. The van der Waals surface area contributed by atoms with Gasteiger partial charge in [0.25, 0.3) is 0 Å². The zero-order valence-corrected chi connectivity index (χ0v) is 11.6. The number of ether oxygens (including phenoxy) is 1. The van der Waals surface area contributed by atoms with Crippen LogP contribution < -0.4 is 0 Å². The summed E-state index contributed by atoms with van der Waals surface area (Å²) in [5.74, 6) is 2.52. The third kappa shape index (κ3) is 3.10. The van der Waals surface area contributed by atoms with Crippen molar-refractivity contribution in [1.29, 1.82) is 0 Å². The molecule has 0 N–H and O–H groups in total. The average molecular weight is 272 g/mol. The van der Waals surface area contributed by atoms with Gasteiger partial charge in [0.1, 0.15) is 0 Å². The van der Waals surface area contributed by atoms with E-state index in [4.69, 9.17) is 4.74 Å². The lowest BCUT2D eigenvalue weighted by atomic mass is 10.1. The number of hydrogen-bond acceptors (Lipinski definition) is 4. The van der Waals surface area contributed by atoms with Crippen LogP contribution in [0.1, 0.15) is 13.3 Å². The van der Waals surface area contributed by atoms with Crippen molar-refractivity contribution < 1.29 is 14.3 Å². The second-order valence-corrected chi connectivity index (χ2v) is 5.72. The highest BCUT2D eigenvalue weighted by atomic mass is 32.2. The summed E-state index contributed by atoms with van der Waals surface area (Å²) >= 11 is 1.85. The highest BCUT2D eigenvalue weighted by Crippen LogP contribution is 2.25. The van der Waals surface area contributed by atoms with Crippen LogP contribution in [-0.2, 0) is 9.53 Å². The first kappa shape index (κ1) is 13.5. The summed E-state index contributed by atoms with van der Waals surface area (Å²) in [7, 11) is 0. The van der Waals surface area contributed by atoms with E-state index in [0.717, 1.165) is 17.9 Å². The van der Waals surface area contributed by atoms with Gasteiger partial charge in [0.15, 0.2) is 0 Å². The Morgan fingerprint density at radius 3 is 2.44 bits per heavy atom. The lowest BCUT2D eigenvalue weighted by molar-refractivity contribution is -0.136. The van der Waals surface area contributed by atoms with Crippen molar-refractivity contribution in [3.05, 3.63) is 0 Å². The highest BCUT2D eigenvalue weighted by Gasteiger charge is 2.30. The van der Waals surface area contributed by atoms with Crippen molar-refractivity contribution in [2.45, 2.75) is 13.3 Å². The van der Waals surface area contributed by atoms with Crippen LogP contribution in [0.2, 0.25) is 0 Å². The van der Waals surface area contributed by atoms with Gasteiger partial charge in [0.2, 0.25) is 5.91 Å². The van der Waals surface area contributed by atoms with Crippen LogP contribution in [0.15, 0.2) is 0 Å². The maximum atomic E-state index is 12.2. The minimum atomic E-state index is -0.263. The maximum Gasteiger partial charge on any atom is 0.409 e. The number of rotatable bonds is 2. The molecular formula is C12H20N2O3S. The van der Waals surface area contributed by atoms with Crippen molar-refractivity contribution in [1.82, 2.24) is 9.80 Å². The SMILES string of the molecule is CCOC(=O)N1CCN(C(=O)C2CCSC2)CC1. The molecule has 0 aromatic carbocycles. The van der Waals surface area contributed by atoms with Gasteiger partial charge in [-0.3, -0.25) is 4.79 Å². The van der Waals surface area contributed by atoms with E-state index in [1.54, 1.807) is 11.8 Å². The number of carbonyl (C=O) groups excluding carboxylic acids is 2. The Morgan fingerprint density at radius 1 is 1.22 bits per heavy atom. The summed E-state index contributed by atoms with van der Waals surface area (Å²) in [6.45, 7) is 4.65. The van der Waals surface area contributed by atoms with Crippen molar-refractivity contribution in [3.8, 4) is 0 Å². The van der Waals surface area contributed by atoms with Gasteiger partial charge >= 0.3 is 6.09 Å². The summed E-state index contributed by atoms with van der Waals surface area (Å²) in [5, 5.41) is 0. The number of piperazine rings is 1. The summed E-state index contributed by atoms with van der Waals surface area (Å²) < 4.78 is 4.96. The van der Waals surface area contributed by atoms with Gasteiger partial charge in [-0.2, -0.15) is 11.8 Å². The number of thioether (sulfide) groups is 1. The topological polar surface area (TPSA) is 49.9 Å². The van der Waals surface area contributed by atoms with Crippen molar-refractivity contribution in [2.24, 2.45) is 5.92 Å². The van der Waals surface area contributed by atoms with Crippen LogP contribution in [0.4, 0.5) is 4.79 Å². The third-order valence-electron chi connectivity index (χ3n) is 3.40. The molecule has 1 unspecified atom stereocenters. The molecule has 0 saturated carbocycles. The molecule has 2 amide bonds. The molecule has 2 fully saturated rings. The molecule has 2 aliphatic heterocycles. The van der Waals surface area contributed by atoms with Crippen LogP contribution in [0, 0.1) is 5.92 Å². The fourth-order valence-corrected chi connectivity index (χ4v) is 3.52. The molecule has 0 aliphatic carbocycles. The second-order valence-electron chi connectivity index (χ2n) is 4.57. The molecule has 2 saturated heterocycles. The van der Waals surface area contributed by atoms with E-state index in [2.05, 4.69) is 0 Å². The summed E-state index contributed by atoms with van der Waals surface area (Å²) in [6, 6.07) is 0. The molecule has 18 heavy (non-hydrogen) atoms. The van der Waals surface area contributed by atoms with E-state index in [9.17, 15) is 9.59 Å². The largest absolute Gasteiger partial charge is 0.450 e. The van der Waals surface area contributed by atoms with Crippen molar-refractivity contribution >= 4 is 23.8 Å². The Hall–Kier alpha value is -0.910. The first-order valence-electron chi connectivity index (χ1n) is 6.50. The average Bonchev–Trinajstić information content (AvgIpc) is 2.92. The monoisotopic (exact) mass is 272 g/mol. The predicted molar refractivity (Wildman–Crippen MR) is 70.6 cm³/mol. The van der Waals surface area contributed by atoms with Crippen molar-refractivity contribution in [2.75, 3.05) is 44.3 Å². The van der Waals surface area contributed by atoms with Gasteiger partial charge in [-0.05, 0) is 19.1 Å². The molecule has 0 radical (unpaired) electrons. The number of nitrogens with zero attached hydrogens (tertiary/aromatic N) is 2. The van der Waals surface area contributed by atoms with Gasteiger partial charge in [-0.15, -0.1) is 0 Å². The van der Waals surface area contributed by atoms with E-state index < -0.39 is 0 Å². The van der Waals surface area contributed by atoms with Crippen LogP contribution in [0.3, 0.4) is 0 Å². The summed E-state index contributed by atoms with van der Waals surface area (Å²) in [5.41, 5.74) is 0. The third-order valence-corrected chi connectivity index (χ3v) is 4.56. The summed E-state index contributed by atoms with van der Waals surface area (Å²) in [6.07, 6.45) is 0.739. The molecule has 2 rings (SSSR count). The molecule has 0 bridgehead atoms. The lowest BCUT2D eigenvalue weighted by Crippen LogP contribution is -2.52. The van der Waals surface area contributed by atoms with E-state index in [0.29, 0.717) is 32.8 Å². The van der Waals surface area contributed by atoms with E-state index in [-0.39, 0.29) is 17.9 Å². The Labute approximate surface area is 112 Å². The molecule has 6 heteroatoms. The summed E-state index contributed by atoms with van der Waals surface area (Å²) in [4.78, 5) is 27.3. The molecule has 0 spiro atoms. The predicted octanol–water partition coefficient (Wildman–Crippen LogP) is 1.04. The second kappa shape index (κ2) is 6.31. The number of hydrogen-bond donors (Lipinski definition) is 0. The fourth-order valence-electron chi connectivity index (χ4n) is 2.31. The zero-order valence-electron chi connectivity index (χ0n) is 10.8. The lowest BCUT2D eigenvalue weighted by Gasteiger charge is -2.35. The minimum absolute atomic E-state index is 0.198. The van der Waals surface area contributed by atoms with Crippen LogP contribution in [-0.4, -0.2) is 66.1 Å². The molecule has 5 nitrogen and oxygen atoms in total. The number of amides is 2. The number of carbonyl (C=O) groups is 2. The Balaban J connectivity index is 1.79. The van der Waals surface area contributed by atoms with E-state index in [1.165, 1.54) is 0 Å². The maximum absolute atomic E-state index is 12.2. The van der Waals surface area contributed by atoms with E-state index in [1.807, 2.05) is 16.7 Å². The van der Waals surface area contributed by atoms with Crippen molar-refractivity contribution in [3.63, 3.8) is 0 Å². The molecule has 102 valence electrons. The highest BCUT2D eigenvalue weighted by molar-refractivity contribution is 7.99. The smallest absolute Gasteiger partial charge is 0.409 e. The van der Waals surface area contributed by atoms with Crippen LogP contribution in [0.5, 0.6) is 0 Å². The van der Waals surface area contributed by atoms with Gasteiger partial charge in [-0.1, -0.05) is 0 Å². The minimum Gasteiger partial charge on any atom is -0.450 e. The molecule has 2 aliphatic rings. The quantitative estimate of drug-likeness (QED) is 0.753. The van der Waals surface area contributed by atoms with Crippen LogP contribution >= 0.6 is 11.8 Å². The molecule has 2 heterocycles. The van der Waals surface area contributed by atoms with E-state index >= 15 is 0 Å². The molecule has 0 aromatic rings. The van der Waals surface area contributed by atoms with Gasteiger partial charge < -0.3 is 14.5 Å². The first-order valence-corrected chi connectivity index (χ1v) is 7.66. The standard InChI is InChI=1S/C12H20N2O3S/c1-2-17-12(16)14-6-4-13(5-7-14)11(15)10-3-8-18-9-10/h10H,2-9H2,1H3. The Morgan fingerprint density at radius 2 is 1.89 bits per heavy atom. The van der Waals surface area contributed by atoms with Crippen LogP contribution in [0.25, 0.3) is 0 Å². The molecular weight excluding hydrogens is 252 g/mol. The normalized spacial score (nSPS) is 24.2. The van der Waals surface area contributed by atoms with Gasteiger partial charge in [0, 0.05) is 37.8 Å². The first-order chi connectivity index (χ1) is 8.72. The van der Waals surface area contributed by atoms with Gasteiger partial charge in [-0.25, -0.2) is 4.79 Å².